The SMILES string of the molecule is Cc1ccc(C(C)(CO)[N+](=O)[O-])cc1.O=C=O. The summed E-state index contributed by atoms with van der Waals surface area (Å²) in [5, 5.41) is 19.8. The van der Waals surface area contributed by atoms with Crippen LogP contribution in [0.25, 0.3) is 0 Å². The predicted octanol–water partition coefficient (Wildman–Crippen LogP) is 0.896. The third-order valence-electron chi connectivity index (χ3n) is 2.38. The molecule has 0 heterocycles. The lowest BCUT2D eigenvalue weighted by Gasteiger charge is -2.18. The first-order chi connectivity index (χ1) is 7.92. The monoisotopic (exact) mass is 239 g/mol. The van der Waals surface area contributed by atoms with Crippen molar-refractivity contribution in [1.29, 1.82) is 0 Å². The van der Waals surface area contributed by atoms with Crippen molar-refractivity contribution in [2.24, 2.45) is 0 Å². The molecule has 0 aliphatic heterocycles. The quantitative estimate of drug-likeness (QED) is 0.624. The van der Waals surface area contributed by atoms with Crippen molar-refractivity contribution in [1.82, 2.24) is 0 Å². The molecule has 0 spiro atoms. The number of hydrogen-bond acceptors (Lipinski definition) is 5. The van der Waals surface area contributed by atoms with Crippen molar-refractivity contribution in [2.75, 3.05) is 6.61 Å². The van der Waals surface area contributed by atoms with Crippen LogP contribution in [0.15, 0.2) is 24.3 Å². The van der Waals surface area contributed by atoms with Crippen LogP contribution >= 0.6 is 0 Å². The summed E-state index contributed by atoms with van der Waals surface area (Å²) >= 11 is 0. The molecule has 6 heteroatoms. The van der Waals surface area contributed by atoms with Crippen molar-refractivity contribution in [3.05, 3.63) is 45.5 Å². The number of aliphatic hydroxyl groups excluding tert-OH is 1. The summed E-state index contributed by atoms with van der Waals surface area (Å²) in [6.45, 7) is 2.83. The number of aliphatic hydroxyl groups is 1. The van der Waals surface area contributed by atoms with E-state index in [4.69, 9.17) is 14.7 Å². The molecule has 1 unspecified atom stereocenters. The van der Waals surface area contributed by atoms with E-state index in [1.807, 2.05) is 6.92 Å². The molecule has 1 aromatic rings. The Morgan fingerprint density at radius 1 is 1.35 bits per heavy atom. The molecule has 0 aliphatic rings. The molecule has 0 radical (unpaired) electrons. The van der Waals surface area contributed by atoms with Crippen LogP contribution in [0.4, 0.5) is 0 Å². The van der Waals surface area contributed by atoms with Crippen molar-refractivity contribution in [3.8, 4) is 0 Å². The summed E-state index contributed by atoms with van der Waals surface area (Å²) < 4.78 is 0. The first kappa shape index (κ1) is 15.0. The van der Waals surface area contributed by atoms with Gasteiger partial charge in [-0.1, -0.05) is 29.8 Å². The van der Waals surface area contributed by atoms with Crippen LogP contribution < -0.4 is 0 Å². The highest BCUT2D eigenvalue weighted by molar-refractivity contribution is 5.26. The molecule has 1 atom stereocenters. The summed E-state index contributed by atoms with van der Waals surface area (Å²) in [6, 6.07) is 6.95. The van der Waals surface area contributed by atoms with Gasteiger partial charge in [0, 0.05) is 17.4 Å². The maximum Gasteiger partial charge on any atom is 0.373 e. The first-order valence-electron chi connectivity index (χ1n) is 4.74. The van der Waals surface area contributed by atoms with Gasteiger partial charge in [-0.3, -0.25) is 10.1 Å². The van der Waals surface area contributed by atoms with Crippen LogP contribution in [-0.4, -0.2) is 22.8 Å². The van der Waals surface area contributed by atoms with Crippen LogP contribution in [0.5, 0.6) is 0 Å². The summed E-state index contributed by atoms with van der Waals surface area (Å²) in [5.41, 5.74) is 0.168. The van der Waals surface area contributed by atoms with Crippen LogP contribution in [0, 0.1) is 17.0 Å². The molecule has 6 nitrogen and oxygen atoms in total. The minimum absolute atomic E-state index is 0.250. The number of aryl methyl sites for hydroxylation is 1. The molecule has 0 aliphatic carbocycles. The number of hydrogen-bond donors (Lipinski definition) is 1. The molecule has 1 rings (SSSR count). The van der Waals surface area contributed by atoms with Gasteiger partial charge in [0.25, 0.3) is 5.54 Å². The molecule has 0 saturated heterocycles. The third-order valence-corrected chi connectivity index (χ3v) is 2.38. The summed E-state index contributed by atoms with van der Waals surface area (Å²) in [6.07, 6.45) is 0.250. The Balaban J connectivity index is 0.000000770. The summed E-state index contributed by atoms with van der Waals surface area (Å²) in [4.78, 5) is 26.6. The van der Waals surface area contributed by atoms with E-state index in [-0.39, 0.29) is 6.15 Å². The minimum Gasteiger partial charge on any atom is -0.389 e. The molecular weight excluding hydrogens is 226 g/mol. The predicted molar refractivity (Wildman–Crippen MR) is 57.6 cm³/mol. The van der Waals surface area contributed by atoms with Crippen LogP contribution in [0.1, 0.15) is 18.1 Å². The maximum atomic E-state index is 10.8. The molecule has 0 saturated carbocycles. The largest absolute Gasteiger partial charge is 0.389 e. The van der Waals surface area contributed by atoms with E-state index in [9.17, 15) is 10.1 Å². The van der Waals surface area contributed by atoms with Gasteiger partial charge in [0.1, 0.15) is 6.61 Å². The second kappa shape index (κ2) is 6.52. The maximum absolute atomic E-state index is 10.8. The van der Waals surface area contributed by atoms with Gasteiger partial charge >= 0.3 is 6.15 Å². The van der Waals surface area contributed by atoms with Gasteiger partial charge in [-0.25, -0.2) is 0 Å². The van der Waals surface area contributed by atoms with Crippen LogP contribution in [0.3, 0.4) is 0 Å². The number of carbonyl (C=O) groups excluding carboxylic acids is 2. The highest BCUT2D eigenvalue weighted by Gasteiger charge is 2.38. The van der Waals surface area contributed by atoms with E-state index in [2.05, 4.69) is 0 Å². The van der Waals surface area contributed by atoms with Gasteiger partial charge in [0.2, 0.25) is 0 Å². The van der Waals surface area contributed by atoms with E-state index in [1.165, 1.54) is 6.92 Å². The molecule has 92 valence electrons. The Morgan fingerprint density at radius 3 is 2.06 bits per heavy atom. The van der Waals surface area contributed by atoms with Gasteiger partial charge in [-0.2, -0.15) is 9.59 Å². The summed E-state index contributed by atoms with van der Waals surface area (Å²) in [7, 11) is 0. The van der Waals surface area contributed by atoms with Crippen molar-refractivity contribution >= 4 is 6.15 Å². The first-order valence-corrected chi connectivity index (χ1v) is 4.74. The average Bonchev–Trinajstić information content (AvgIpc) is 2.29. The van der Waals surface area contributed by atoms with Gasteiger partial charge in [-0.15, -0.1) is 0 Å². The van der Waals surface area contributed by atoms with Gasteiger partial charge in [0.05, 0.1) is 0 Å². The average molecular weight is 239 g/mol. The van der Waals surface area contributed by atoms with E-state index in [1.54, 1.807) is 24.3 Å². The Kier molecular flexibility index (Phi) is 5.74. The lowest BCUT2D eigenvalue weighted by molar-refractivity contribution is -0.578. The smallest absolute Gasteiger partial charge is 0.373 e. The Hall–Kier alpha value is -2.04. The van der Waals surface area contributed by atoms with Gasteiger partial charge in [-0.05, 0) is 6.92 Å². The molecule has 1 N–H and O–H groups in total. The molecular formula is C11H13NO5. The zero-order chi connectivity index (χ0) is 13.5. The fourth-order valence-corrected chi connectivity index (χ4v) is 1.17. The normalized spacial score (nSPS) is 12.6. The third kappa shape index (κ3) is 3.79. The number of nitro groups is 1. The highest BCUT2D eigenvalue weighted by Crippen LogP contribution is 2.23. The Morgan fingerprint density at radius 2 is 1.76 bits per heavy atom. The highest BCUT2D eigenvalue weighted by atomic mass is 16.6. The Bertz CT molecular complexity index is 408. The topological polar surface area (TPSA) is 97.5 Å². The second-order valence-electron chi connectivity index (χ2n) is 3.64. The Labute approximate surface area is 98.0 Å². The van der Waals surface area contributed by atoms with E-state index < -0.39 is 17.1 Å². The van der Waals surface area contributed by atoms with Gasteiger partial charge < -0.3 is 5.11 Å². The second-order valence-corrected chi connectivity index (χ2v) is 3.64. The van der Waals surface area contributed by atoms with Crippen molar-refractivity contribution in [3.63, 3.8) is 0 Å². The minimum atomic E-state index is -1.40. The zero-order valence-corrected chi connectivity index (χ0v) is 9.54. The zero-order valence-electron chi connectivity index (χ0n) is 9.54. The van der Waals surface area contributed by atoms with Crippen molar-refractivity contribution in [2.45, 2.75) is 19.4 Å². The number of rotatable bonds is 3. The standard InChI is InChI=1S/C10H13NO3.CO2/c1-8-3-5-9(6-4-8)10(2,7-12)11(13)14;2-1-3/h3-6,12H,7H2,1-2H3;. The van der Waals surface area contributed by atoms with Crippen molar-refractivity contribution < 1.29 is 19.6 Å². The fourth-order valence-electron chi connectivity index (χ4n) is 1.17. The molecule has 0 aromatic heterocycles. The van der Waals surface area contributed by atoms with E-state index in [0.29, 0.717) is 5.56 Å². The van der Waals surface area contributed by atoms with E-state index >= 15 is 0 Å². The van der Waals surface area contributed by atoms with Gasteiger partial charge in [0.15, 0.2) is 0 Å². The summed E-state index contributed by atoms with van der Waals surface area (Å²) in [5.74, 6) is 0. The van der Waals surface area contributed by atoms with Crippen LogP contribution in [-0.2, 0) is 15.1 Å². The number of benzene rings is 1. The lowest BCUT2D eigenvalue weighted by atomic mass is 9.93. The molecule has 0 bridgehead atoms. The molecule has 0 amide bonds. The molecule has 17 heavy (non-hydrogen) atoms. The fraction of sp³-hybridized carbons (Fsp3) is 0.364. The van der Waals surface area contributed by atoms with E-state index in [0.717, 1.165) is 5.56 Å². The lowest BCUT2D eigenvalue weighted by Crippen LogP contribution is -2.35. The van der Waals surface area contributed by atoms with Crippen LogP contribution in [0.2, 0.25) is 0 Å². The number of nitrogens with zero attached hydrogens (tertiary/aromatic N) is 1. The molecule has 1 aromatic carbocycles. The molecule has 0 fully saturated rings.